The molecule has 18 heavy (non-hydrogen) atoms. The molecular weight excluding hydrogens is 238 g/mol. The van der Waals surface area contributed by atoms with Gasteiger partial charge in [-0.25, -0.2) is 4.79 Å². The number of hydrogen-bond donors (Lipinski definition) is 2. The Morgan fingerprint density at radius 1 is 1.50 bits per heavy atom. The summed E-state index contributed by atoms with van der Waals surface area (Å²) in [6, 6.07) is 0. The van der Waals surface area contributed by atoms with Crippen LogP contribution in [-0.2, 0) is 14.4 Å². The van der Waals surface area contributed by atoms with E-state index < -0.39 is 12.1 Å². The highest BCUT2D eigenvalue weighted by Crippen LogP contribution is 2.10. The molecule has 1 unspecified atom stereocenters. The molecule has 7 heteroatoms. The van der Waals surface area contributed by atoms with Crippen LogP contribution in [0, 0.1) is 0 Å². The molecule has 0 aromatic rings. The van der Waals surface area contributed by atoms with Gasteiger partial charge in [0.15, 0.2) is 5.71 Å². The summed E-state index contributed by atoms with van der Waals surface area (Å²) in [7, 11) is 3.99. The smallest absolute Gasteiger partial charge is 0.353 e. The number of rotatable bonds is 7. The lowest BCUT2D eigenvalue weighted by atomic mass is 10.1. The summed E-state index contributed by atoms with van der Waals surface area (Å²) in [6.07, 6.45) is 1.10. The number of aliphatic carboxylic acids is 1. The average Bonchev–Trinajstić information content (AvgIpc) is 2.77. The molecule has 102 valence electrons. The Balaban J connectivity index is 2.14. The molecule has 0 radical (unpaired) electrons. The van der Waals surface area contributed by atoms with E-state index in [0.717, 1.165) is 19.4 Å². The topological polar surface area (TPSA) is 91.2 Å². The second kappa shape index (κ2) is 6.95. The molecule has 0 bridgehead atoms. The van der Waals surface area contributed by atoms with Crippen LogP contribution in [0.25, 0.3) is 0 Å². The Bertz CT molecular complexity index is 341. The predicted octanol–water partition coefficient (Wildman–Crippen LogP) is -0.326. The summed E-state index contributed by atoms with van der Waals surface area (Å²) < 4.78 is 0. The standard InChI is InChI=1S/C11H19N3O4/c1-14(2)6-4-3-5-12-10(15)9-7-8(11(16)17)13-18-9/h9H,3-7H2,1-2H3,(H,12,15)(H,16,17). The van der Waals surface area contributed by atoms with Crippen molar-refractivity contribution >= 4 is 17.6 Å². The first-order valence-electron chi connectivity index (χ1n) is 5.89. The van der Waals surface area contributed by atoms with Gasteiger partial charge in [0.25, 0.3) is 5.91 Å². The normalized spacial score (nSPS) is 18.4. The zero-order valence-electron chi connectivity index (χ0n) is 10.7. The predicted molar refractivity (Wildman–Crippen MR) is 65.4 cm³/mol. The van der Waals surface area contributed by atoms with Crippen molar-refractivity contribution in [2.75, 3.05) is 27.2 Å². The molecule has 0 aromatic heterocycles. The van der Waals surface area contributed by atoms with Gasteiger partial charge < -0.3 is 20.2 Å². The minimum absolute atomic E-state index is 0.0267. The minimum Gasteiger partial charge on any atom is -0.477 e. The van der Waals surface area contributed by atoms with Crippen LogP contribution in [0.3, 0.4) is 0 Å². The van der Waals surface area contributed by atoms with E-state index in [1.54, 1.807) is 0 Å². The van der Waals surface area contributed by atoms with Crippen LogP contribution in [-0.4, -0.2) is 60.9 Å². The van der Waals surface area contributed by atoms with E-state index in [0.29, 0.717) is 6.54 Å². The van der Waals surface area contributed by atoms with Crippen LogP contribution in [0.15, 0.2) is 5.16 Å². The summed E-state index contributed by atoms with van der Waals surface area (Å²) in [5.74, 6) is -1.45. The molecule has 0 spiro atoms. The first-order valence-corrected chi connectivity index (χ1v) is 5.89. The maximum atomic E-state index is 11.6. The molecule has 0 aromatic carbocycles. The van der Waals surface area contributed by atoms with Gasteiger partial charge in [0, 0.05) is 13.0 Å². The summed E-state index contributed by atoms with van der Waals surface area (Å²) in [6.45, 7) is 1.54. The molecule has 1 atom stereocenters. The number of unbranched alkanes of at least 4 members (excludes halogenated alkanes) is 1. The van der Waals surface area contributed by atoms with Crippen LogP contribution in [0.1, 0.15) is 19.3 Å². The molecular formula is C11H19N3O4. The Morgan fingerprint density at radius 3 is 2.78 bits per heavy atom. The summed E-state index contributed by atoms with van der Waals surface area (Å²) >= 11 is 0. The highest BCUT2D eigenvalue weighted by molar-refractivity contribution is 6.36. The molecule has 0 saturated carbocycles. The third-order valence-electron chi connectivity index (χ3n) is 2.54. The van der Waals surface area contributed by atoms with Crippen molar-refractivity contribution in [3.8, 4) is 0 Å². The van der Waals surface area contributed by atoms with Gasteiger partial charge in [-0.3, -0.25) is 4.79 Å². The van der Waals surface area contributed by atoms with E-state index in [1.165, 1.54) is 0 Å². The highest BCUT2D eigenvalue weighted by Gasteiger charge is 2.31. The molecule has 1 rings (SSSR count). The van der Waals surface area contributed by atoms with Crippen molar-refractivity contribution in [1.82, 2.24) is 10.2 Å². The molecule has 1 amide bonds. The quantitative estimate of drug-likeness (QED) is 0.610. The third-order valence-corrected chi connectivity index (χ3v) is 2.54. The number of amides is 1. The Hall–Kier alpha value is -1.63. The molecule has 0 saturated heterocycles. The van der Waals surface area contributed by atoms with Crippen molar-refractivity contribution < 1.29 is 19.5 Å². The number of carboxylic acids is 1. The third kappa shape index (κ3) is 4.70. The van der Waals surface area contributed by atoms with Gasteiger partial charge in [-0.15, -0.1) is 0 Å². The number of nitrogens with zero attached hydrogens (tertiary/aromatic N) is 2. The fourth-order valence-electron chi connectivity index (χ4n) is 1.52. The molecule has 7 nitrogen and oxygen atoms in total. The van der Waals surface area contributed by atoms with Gasteiger partial charge in [0.05, 0.1) is 0 Å². The minimum atomic E-state index is -1.14. The summed E-state index contributed by atoms with van der Waals surface area (Å²) in [4.78, 5) is 29.0. The first-order chi connectivity index (χ1) is 8.50. The molecule has 1 heterocycles. The van der Waals surface area contributed by atoms with Gasteiger partial charge in [0.1, 0.15) is 0 Å². The van der Waals surface area contributed by atoms with Gasteiger partial charge in [0.2, 0.25) is 6.10 Å². The van der Waals surface area contributed by atoms with Crippen molar-refractivity contribution in [1.29, 1.82) is 0 Å². The van der Waals surface area contributed by atoms with Crippen molar-refractivity contribution in [3.05, 3.63) is 0 Å². The molecule has 1 aliphatic heterocycles. The van der Waals surface area contributed by atoms with E-state index in [4.69, 9.17) is 9.94 Å². The van der Waals surface area contributed by atoms with Crippen molar-refractivity contribution in [3.63, 3.8) is 0 Å². The Morgan fingerprint density at radius 2 is 2.22 bits per heavy atom. The van der Waals surface area contributed by atoms with E-state index in [2.05, 4.69) is 15.4 Å². The Labute approximate surface area is 106 Å². The van der Waals surface area contributed by atoms with Crippen LogP contribution in [0.4, 0.5) is 0 Å². The molecule has 2 N–H and O–H groups in total. The number of carbonyl (C=O) groups excluding carboxylic acids is 1. The summed E-state index contributed by atoms with van der Waals surface area (Å²) in [5.41, 5.74) is -0.109. The SMILES string of the molecule is CN(C)CCCCNC(=O)C1CC(C(=O)O)=NO1. The fourth-order valence-corrected chi connectivity index (χ4v) is 1.52. The summed E-state index contributed by atoms with van der Waals surface area (Å²) in [5, 5.41) is 14.7. The van der Waals surface area contributed by atoms with Crippen molar-refractivity contribution in [2.24, 2.45) is 5.16 Å². The van der Waals surface area contributed by atoms with Gasteiger partial charge >= 0.3 is 5.97 Å². The zero-order chi connectivity index (χ0) is 13.5. The van der Waals surface area contributed by atoms with Crippen molar-refractivity contribution in [2.45, 2.75) is 25.4 Å². The number of nitrogens with one attached hydrogen (secondary N) is 1. The monoisotopic (exact) mass is 257 g/mol. The highest BCUT2D eigenvalue weighted by atomic mass is 16.6. The average molecular weight is 257 g/mol. The second-order valence-corrected chi connectivity index (χ2v) is 4.44. The lowest BCUT2D eigenvalue weighted by Gasteiger charge is -2.11. The van der Waals surface area contributed by atoms with E-state index in [1.807, 2.05) is 14.1 Å². The maximum Gasteiger partial charge on any atom is 0.353 e. The van der Waals surface area contributed by atoms with E-state index >= 15 is 0 Å². The van der Waals surface area contributed by atoms with Crippen LogP contribution < -0.4 is 5.32 Å². The molecule has 0 fully saturated rings. The molecule has 0 aliphatic carbocycles. The van der Waals surface area contributed by atoms with Crippen LogP contribution in [0.2, 0.25) is 0 Å². The number of carboxylic acid groups (broad SMARTS) is 1. The Kier molecular flexibility index (Phi) is 5.57. The number of carbonyl (C=O) groups is 2. The largest absolute Gasteiger partial charge is 0.477 e. The van der Waals surface area contributed by atoms with Crippen LogP contribution in [0.5, 0.6) is 0 Å². The first kappa shape index (κ1) is 14.4. The molecule has 1 aliphatic rings. The lowest BCUT2D eigenvalue weighted by molar-refractivity contribution is -0.131. The van der Waals surface area contributed by atoms with Gasteiger partial charge in [-0.05, 0) is 33.5 Å². The lowest BCUT2D eigenvalue weighted by Crippen LogP contribution is -2.36. The fraction of sp³-hybridized carbons (Fsp3) is 0.727. The maximum absolute atomic E-state index is 11.6. The van der Waals surface area contributed by atoms with Crippen LogP contribution >= 0.6 is 0 Å². The van der Waals surface area contributed by atoms with Gasteiger partial charge in [-0.1, -0.05) is 5.16 Å². The van der Waals surface area contributed by atoms with Gasteiger partial charge in [-0.2, -0.15) is 0 Å². The second-order valence-electron chi connectivity index (χ2n) is 4.44. The zero-order valence-corrected chi connectivity index (χ0v) is 10.7. The number of oxime groups is 1. The van der Waals surface area contributed by atoms with E-state index in [9.17, 15) is 9.59 Å². The number of hydrogen-bond acceptors (Lipinski definition) is 5. The van der Waals surface area contributed by atoms with E-state index in [-0.39, 0.29) is 18.0 Å².